The number of hydrogen-bond acceptors (Lipinski definition) is 6. The van der Waals surface area contributed by atoms with Gasteiger partial charge in [-0.2, -0.15) is 0 Å². The number of hydrogen-bond donors (Lipinski definition) is 0. The van der Waals surface area contributed by atoms with E-state index in [4.69, 9.17) is 18.9 Å². The van der Waals surface area contributed by atoms with E-state index in [2.05, 4.69) is 0 Å². The zero-order chi connectivity index (χ0) is 17.9. The Morgan fingerprint density at radius 1 is 1.12 bits per heavy atom. The van der Waals surface area contributed by atoms with Gasteiger partial charge < -0.3 is 18.9 Å². The third-order valence-corrected chi connectivity index (χ3v) is 4.47. The number of methoxy groups -OCH3 is 2. The van der Waals surface area contributed by atoms with Crippen molar-refractivity contribution in [1.29, 1.82) is 0 Å². The van der Waals surface area contributed by atoms with Crippen molar-refractivity contribution in [3.63, 3.8) is 0 Å². The van der Waals surface area contributed by atoms with Crippen LogP contribution in [0.5, 0.6) is 0 Å². The van der Waals surface area contributed by atoms with Gasteiger partial charge in [-0.15, -0.1) is 0 Å². The van der Waals surface area contributed by atoms with E-state index in [-0.39, 0.29) is 36.3 Å². The molecule has 0 saturated carbocycles. The number of ketones is 1. The second kappa shape index (κ2) is 7.80. The average molecular weight is 343 g/mol. The summed E-state index contributed by atoms with van der Waals surface area (Å²) in [5, 5.41) is 0. The summed E-state index contributed by atoms with van der Waals surface area (Å²) in [6.07, 6.45) is 0.573. The Bertz CT molecular complexity index is 442. The predicted molar refractivity (Wildman–Crippen MR) is 86.6 cm³/mol. The van der Waals surface area contributed by atoms with E-state index in [0.717, 1.165) is 0 Å². The highest BCUT2D eigenvalue weighted by molar-refractivity contribution is 5.82. The first-order chi connectivity index (χ1) is 11.2. The van der Waals surface area contributed by atoms with Crippen LogP contribution in [-0.4, -0.2) is 68.2 Å². The highest BCUT2D eigenvalue weighted by Gasteiger charge is 2.45. The fourth-order valence-electron chi connectivity index (χ4n) is 3.38. The summed E-state index contributed by atoms with van der Waals surface area (Å²) < 4.78 is 21.3. The van der Waals surface area contributed by atoms with Gasteiger partial charge in [0.05, 0.1) is 31.7 Å². The maximum Gasteiger partial charge on any atom is 0.410 e. The van der Waals surface area contributed by atoms with Gasteiger partial charge in [-0.1, -0.05) is 0 Å². The van der Waals surface area contributed by atoms with E-state index < -0.39 is 11.9 Å². The molecule has 0 aromatic carbocycles. The molecule has 2 aliphatic heterocycles. The third-order valence-electron chi connectivity index (χ3n) is 4.47. The molecule has 2 bridgehead atoms. The molecular weight excluding hydrogens is 314 g/mol. The summed E-state index contributed by atoms with van der Waals surface area (Å²) >= 11 is 0. The zero-order valence-electron chi connectivity index (χ0n) is 15.2. The lowest BCUT2D eigenvalue weighted by atomic mass is 9.82. The highest BCUT2D eigenvalue weighted by Crippen LogP contribution is 2.34. The van der Waals surface area contributed by atoms with Crippen LogP contribution in [0.3, 0.4) is 0 Å². The van der Waals surface area contributed by atoms with Crippen LogP contribution >= 0.6 is 0 Å². The number of morpholine rings is 1. The molecule has 2 saturated heterocycles. The van der Waals surface area contributed by atoms with Crippen LogP contribution in [0.2, 0.25) is 0 Å². The molecule has 0 aliphatic carbocycles. The Kier molecular flexibility index (Phi) is 6.22. The van der Waals surface area contributed by atoms with Crippen molar-refractivity contribution in [3.8, 4) is 0 Å². The molecule has 2 fully saturated rings. The topological polar surface area (TPSA) is 74.3 Å². The number of Topliss-reactive ketones (excluding diaryl/α,β-unsaturated/α-hetero) is 1. The largest absolute Gasteiger partial charge is 0.444 e. The molecule has 0 radical (unpaired) electrons. The minimum Gasteiger partial charge on any atom is -0.444 e. The van der Waals surface area contributed by atoms with Gasteiger partial charge in [0.25, 0.3) is 0 Å². The van der Waals surface area contributed by atoms with Gasteiger partial charge >= 0.3 is 6.09 Å². The molecule has 138 valence electrons. The first kappa shape index (κ1) is 19.1. The Balaban J connectivity index is 2.02. The van der Waals surface area contributed by atoms with Crippen molar-refractivity contribution in [2.45, 2.75) is 64.0 Å². The second-order valence-electron chi connectivity index (χ2n) is 7.47. The van der Waals surface area contributed by atoms with Gasteiger partial charge in [0.15, 0.2) is 6.29 Å². The molecule has 1 amide bonds. The van der Waals surface area contributed by atoms with Crippen molar-refractivity contribution in [2.24, 2.45) is 5.92 Å². The molecule has 0 N–H and O–H groups in total. The number of carbonyl (C=O) groups is 2. The van der Waals surface area contributed by atoms with E-state index in [1.165, 1.54) is 14.2 Å². The Morgan fingerprint density at radius 3 is 2.12 bits per heavy atom. The third kappa shape index (κ3) is 4.68. The molecular formula is C17H29NO6. The quantitative estimate of drug-likeness (QED) is 0.711. The van der Waals surface area contributed by atoms with Gasteiger partial charge in [0.1, 0.15) is 11.4 Å². The van der Waals surface area contributed by atoms with E-state index in [9.17, 15) is 9.59 Å². The maximum absolute atomic E-state index is 12.5. The lowest BCUT2D eigenvalue weighted by Crippen LogP contribution is -2.60. The smallest absolute Gasteiger partial charge is 0.410 e. The van der Waals surface area contributed by atoms with E-state index in [1.54, 1.807) is 4.90 Å². The van der Waals surface area contributed by atoms with Gasteiger partial charge in [0, 0.05) is 20.1 Å². The fraction of sp³-hybridized carbons (Fsp3) is 0.882. The van der Waals surface area contributed by atoms with Crippen LogP contribution < -0.4 is 0 Å². The number of amides is 1. The lowest BCUT2D eigenvalue weighted by molar-refractivity contribution is -0.147. The van der Waals surface area contributed by atoms with Crippen LogP contribution in [0.4, 0.5) is 4.79 Å². The van der Waals surface area contributed by atoms with E-state index in [1.807, 2.05) is 20.8 Å². The van der Waals surface area contributed by atoms with Crippen molar-refractivity contribution in [3.05, 3.63) is 0 Å². The van der Waals surface area contributed by atoms with Crippen LogP contribution in [0.15, 0.2) is 0 Å². The number of piperidine rings is 1. The summed E-state index contributed by atoms with van der Waals surface area (Å²) in [5.41, 5.74) is -0.539. The first-order valence-corrected chi connectivity index (χ1v) is 8.42. The highest BCUT2D eigenvalue weighted by atomic mass is 16.7. The molecule has 2 rings (SSSR count). The Labute approximate surface area is 143 Å². The maximum atomic E-state index is 12.5. The van der Waals surface area contributed by atoms with Crippen LogP contribution in [0, 0.1) is 5.92 Å². The molecule has 2 atom stereocenters. The molecule has 2 heterocycles. The van der Waals surface area contributed by atoms with Gasteiger partial charge in [-0.05, 0) is 33.6 Å². The van der Waals surface area contributed by atoms with Crippen LogP contribution in [0.1, 0.15) is 40.0 Å². The van der Waals surface area contributed by atoms with Crippen LogP contribution in [0.25, 0.3) is 0 Å². The van der Waals surface area contributed by atoms with Crippen LogP contribution in [-0.2, 0) is 23.7 Å². The van der Waals surface area contributed by atoms with Crippen molar-refractivity contribution in [2.75, 3.05) is 27.4 Å². The first-order valence-electron chi connectivity index (χ1n) is 8.42. The SMILES string of the molecule is COC(CC(=O)C1CC2COCC(C1)N2C(=O)OC(C)(C)C)OC. The molecule has 7 nitrogen and oxygen atoms in total. The number of nitrogens with zero attached hydrogens (tertiary/aromatic N) is 1. The molecule has 0 aromatic heterocycles. The second-order valence-corrected chi connectivity index (χ2v) is 7.47. The zero-order valence-corrected chi connectivity index (χ0v) is 15.2. The molecule has 2 unspecified atom stereocenters. The van der Waals surface area contributed by atoms with Crippen molar-refractivity contribution in [1.82, 2.24) is 4.90 Å². The molecule has 7 heteroatoms. The van der Waals surface area contributed by atoms with Crippen molar-refractivity contribution >= 4 is 11.9 Å². The standard InChI is InChI=1S/C17H29NO6/c1-17(2,3)24-16(20)18-12-6-11(7-13(18)10-23-9-12)14(19)8-15(21-4)22-5/h11-13,15H,6-10H2,1-5H3. The van der Waals surface area contributed by atoms with Gasteiger partial charge in [-0.25, -0.2) is 4.79 Å². The molecule has 0 spiro atoms. The van der Waals surface area contributed by atoms with E-state index in [0.29, 0.717) is 26.1 Å². The molecule has 0 aromatic rings. The summed E-state index contributed by atoms with van der Waals surface area (Å²) in [6, 6.07) is -0.241. The number of carbonyl (C=O) groups excluding carboxylic acids is 2. The summed E-state index contributed by atoms with van der Waals surface area (Å²) in [5.74, 6) is 0.0137. The van der Waals surface area contributed by atoms with Gasteiger partial charge in [0.2, 0.25) is 0 Å². The lowest BCUT2D eigenvalue weighted by Gasteiger charge is -2.48. The molecule has 24 heavy (non-hydrogen) atoms. The summed E-state index contributed by atoms with van der Waals surface area (Å²) in [6.45, 7) is 6.43. The fourth-order valence-corrected chi connectivity index (χ4v) is 3.38. The average Bonchev–Trinajstić information content (AvgIpc) is 2.49. The predicted octanol–water partition coefficient (Wildman–Crippen LogP) is 1.98. The van der Waals surface area contributed by atoms with E-state index >= 15 is 0 Å². The molecule has 2 aliphatic rings. The monoisotopic (exact) mass is 343 g/mol. The Morgan fingerprint density at radius 2 is 1.67 bits per heavy atom. The number of ether oxygens (including phenoxy) is 4. The van der Waals surface area contributed by atoms with Gasteiger partial charge in [-0.3, -0.25) is 9.69 Å². The summed E-state index contributed by atoms with van der Waals surface area (Å²) in [7, 11) is 3.05. The minimum absolute atomic E-state index is 0.101. The number of rotatable bonds is 5. The van der Waals surface area contributed by atoms with Crippen molar-refractivity contribution < 1.29 is 28.5 Å². The normalized spacial score (nSPS) is 27.2. The summed E-state index contributed by atoms with van der Waals surface area (Å²) in [4.78, 5) is 26.8. The number of fused-ring (bicyclic) bond motifs is 2. The minimum atomic E-state index is -0.539. The Hall–Kier alpha value is -1.18.